The molecule has 0 N–H and O–H groups in total. The third-order valence-corrected chi connectivity index (χ3v) is 18.3. The van der Waals surface area contributed by atoms with Crippen LogP contribution < -0.4 is 9.80 Å². The van der Waals surface area contributed by atoms with Crippen molar-refractivity contribution in [2.45, 2.75) is 94.3 Å². The van der Waals surface area contributed by atoms with E-state index in [9.17, 15) is 0 Å². The van der Waals surface area contributed by atoms with E-state index in [1.165, 1.54) is 108 Å². The fourth-order valence-electron chi connectivity index (χ4n) is 16.4. The largest absolute Gasteiger partial charge is 0.310 e. The SMILES string of the molecule is CC1(C)c2ccccc2-c2ccc(N(c3ccccc3)c3cccc4c3C35c6c(cccc6N(c6ccccc6)c6ccccc6C67CC8CC(CC(C8)C6)C7)CC3CCC5C4)cc21. The molecule has 15 rings (SSSR count). The Kier molecular flexibility index (Phi) is 7.96. The van der Waals surface area contributed by atoms with Gasteiger partial charge in [0.1, 0.15) is 0 Å². The molecule has 4 bridgehead atoms. The Balaban J connectivity index is 0.989. The first-order valence-corrected chi connectivity index (χ1v) is 24.7. The molecule has 316 valence electrons. The molecular formula is C62H58N2. The number of fused-ring (bicyclic) bond motifs is 5. The molecule has 0 aromatic heterocycles. The van der Waals surface area contributed by atoms with Crippen LogP contribution >= 0.6 is 0 Å². The summed E-state index contributed by atoms with van der Waals surface area (Å²) in [4.78, 5) is 5.40. The van der Waals surface area contributed by atoms with Crippen LogP contribution in [0.5, 0.6) is 0 Å². The highest BCUT2D eigenvalue weighted by atomic mass is 15.2. The van der Waals surface area contributed by atoms with E-state index >= 15 is 0 Å². The van der Waals surface area contributed by atoms with Gasteiger partial charge in [-0.15, -0.1) is 0 Å². The summed E-state index contributed by atoms with van der Waals surface area (Å²) in [6.45, 7) is 4.83. The summed E-state index contributed by atoms with van der Waals surface area (Å²) in [6, 6.07) is 63.6. The van der Waals surface area contributed by atoms with Crippen molar-refractivity contribution in [3.8, 4) is 11.1 Å². The lowest BCUT2D eigenvalue weighted by Gasteiger charge is -2.57. The van der Waals surface area contributed by atoms with E-state index < -0.39 is 0 Å². The van der Waals surface area contributed by atoms with Crippen LogP contribution in [0.3, 0.4) is 0 Å². The molecule has 2 heteroatoms. The minimum atomic E-state index is -0.0974. The zero-order valence-electron chi connectivity index (χ0n) is 37.4. The first-order chi connectivity index (χ1) is 31.4. The lowest BCUT2D eigenvalue weighted by atomic mass is 9.48. The molecule has 5 fully saturated rings. The second-order valence-corrected chi connectivity index (χ2v) is 21.8. The molecule has 0 amide bonds. The highest BCUT2D eigenvalue weighted by molar-refractivity contribution is 5.89. The highest BCUT2D eigenvalue weighted by Gasteiger charge is 2.62. The predicted molar refractivity (Wildman–Crippen MR) is 264 cm³/mol. The van der Waals surface area contributed by atoms with Crippen molar-refractivity contribution in [3.05, 3.63) is 203 Å². The van der Waals surface area contributed by atoms with Crippen molar-refractivity contribution in [2.24, 2.45) is 29.6 Å². The van der Waals surface area contributed by atoms with E-state index in [-0.39, 0.29) is 16.2 Å². The van der Waals surface area contributed by atoms with Gasteiger partial charge >= 0.3 is 0 Å². The maximum absolute atomic E-state index is 2.76. The molecule has 3 atom stereocenters. The summed E-state index contributed by atoms with van der Waals surface area (Å²) in [7, 11) is 0. The van der Waals surface area contributed by atoms with Gasteiger partial charge in [-0.05, 0) is 204 Å². The molecule has 5 saturated carbocycles. The Bertz CT molecular complexity index is 2950. The molecular weight excluding hydrogens is 773 g/mol. The van der Waals surface area contributed by atoms with Gasteiger partial charge in [0.15, 0.2) is 0 Å². The fraction of sp³-hybridized carbons (Fsp3) is 0.323. The highest BCUT2D eigenvalue weighted by Crippen LogP contribution is 2.70. The quantitative estimate of drug-likeness (QED) is 0.158. The molecule has 2 nitrogen and oxygen atoms in total. The van der Waals surface area contributed by atoms with Crippen LogP contribution in [-0.2, 0) is 29.1 Å². The molecule has 0 heterocycles. The molecule has 3 unspecified atom stereocenters. The summed E-state index contributed by atoms with van der Waals surface area (Å²) < 4.78 is 0. The Morgan fingerprint density at radius 2 is 0.922 bits per heavy atom. The number of hydrogen-bond acceptors (Lipinski definition) is 2. The Hall–Kier alpha value is -5.86. The molecule has 7 aromatic rings. The molecule has 0 radical (unpaired) electrons. The normalized spacial score (nSPS) is 27.9. The minimum Gasteiger partial charge on any atom is -0.310 e. The van der Waals surface area contributed by atoms with Crippen molar-refractivity contribution in [3.63, 3.8) is 0 Å². The van der Waals surface area contributed by atoms with E-state index in [4.69, 9.17) is 0 Å². The van der Waals surface area contributed by atoms with Crippen molar-refractivity contribution in [1.29, 1.82) is 0 Å². The first kappa shape index (κ1) is 37.5. The summed E-state index contributed by atoms with van der Waals surface area (Å²) >= 11 is 0. The fourth-order valence-corrected chi connectivity index (χ4v) is 16.4. The van der Waals surface area contributed by atoms with E-state index in [1.54, 1.807) is 27.8 Å². The zero-order valence-corrected chi connectivity index (χ0v) is 37.4. The maximum atomic E-state index is 2.76. The summed E-state index contributed by atoms with van der Waals surface area (Å²) in [5, 5.41) is 0. The molecule has 8 aliphatic carbocycles. The van der Waals surface area contributed by atoms with Crippen molar-refractivity contribution in [2.75, 3.05) is 9.80 Å². The first-order valence-electron chi connectivity index (χ1n) is 24.7. The molecule has 0 aliphatic heterocycles. The van der Waals surface area contributed by atoms with Gasteiger partial charge in [0.05, 0.1) is 11.4 Å². The third kappa shape index (κ3) is 5.09. The topological polar surface area (TPSA) is 6.48 Å². The van der Waals surface area contributed by atoms with Crippen LogP contribution in [0.25, 0.3) is 11.1 Å². The van der Waals surface area contributed by atoms with Crippen LogP contribution in [0.4, 0.5) is 34.1 Å². The van der Waals surface area contributed by atoms with Crippen LogP contribution in [0.2, 0.25) is 0 Å². The van der Waals surface area contributed by atoms with Gasteiger partial charge in [-0.2, -0.15) is 0 Å². The number of anilines is 6. The van der Waals surface area contributed by atoms with Crippen LogP contribution in [0.1, 0.15) is 104 Å². The van der Waals surface area contributed by atoms with Gasteiger partial charge in [-0.3, -0.25) is 0 Å². The lowest BCUT2D eigenvalue weighted by molar-refractivity contribution is -0.00491. The zero-order chi connectivity index (χ0) is 42.4. The van der Waals surface area contributed by atoms with Gasteiger partial charge in [-0.1, -0.05) is 123 Å². The van der Waals surface area contributed by atoms with Crippen LogP contribution in [0.15, 0.2) is 164 Å². The number of hydrogen-bond donors (Lipinski definition) is 0. The van der Waals surface area contributed by atoms with E-state index in [1.807, 2.05) is 0 Å². The Morgan fingerprint density at radius 1 is 0.422 bits per heavy atom. The number of rotatable bonds is 7. The second-order valence-electron chi connectivity index (χ2n) is 21.8. The summed E-state index contributed by atoms with van der Waals surface area (Å²) in [6.07, 6.45) is 13.3. The molecule has 8 aliphatic rings. The Morgan fingerprint density at radius 3 is 1.55 bits per heavy atom. The molecule has 7 aromatic carbocycles. The van der Waals surface area contributed by atoms with Gasteiger partial charge < -0.3 is 9.80 Å². The standard InChI is InChI=1S/C62H58N2/c1-60(2)52-22-10-9-21-50(52)51-30-29-49(36-54(51)60)63(47-17-5-3-6-18-47)56-25-13-15-43-34-45-27-28-46-35-44-16-14-26-57(59(44)62(45,46)58(43)56)64(48-19-7-4-8-20-48)55-24-12-11-23-53(55)61-37-40-31-41(38-61)33-42(32-40)39-61/h3-26,29-30,36,40-42,45-46H,27-28,31-35,37-39H2,1-2H3. The average Bonchev–Trinajstić information content (AvgIpc) is 4.01. The van der Waals surface area contributed by atoms with Gasteiger partial charge in [-0.25, -0.2) is 0 Å². The van der Waals surface area contributed by atoms with Crippen molar-refractivity contribution < 1.29 is 0 Å². The van der Waals surface area contributed by atoms with Crippen molar-refractivity contribution >= 4 is 34.1 Å². The second kappa shape index (κ2) is 13.6. The maximum Gasteiger partial charge on any atom is 0.0505 e. The average molecular weight is 831 g/mol. The van der Waals surface area contributed by atoms with Gasteiger partial charge in [0, 0.05) is 33.6 Å². The lowest BCUT2D eigenvalue weighted by Crippen LogP contribution is -2.49. The van der Waals surface area contributed by atoms with Gasteiger partial charge in [0.2, 0.25) is 0 Å². The van der Waals surface area contributed by atoms with E-state index in [0.29, 0.717) is 11.8 Å². The van der Waals surface area contributed by atoms with Gasteiger partial charge in [0.25, 0.3) is 0 Å². The van der Waals surface area contributed by atoms with E-state index in [2.05, 4.69) is 187 Å². The minimum absolute atomic E-state index is 0.0874. The van der Waals surface area contributed by atoms with Crippen LogP contribution in [0, 0.1) is 29.6 Å². The monoisotopic (exact) mass is 830 g/mol. The summed E-state index contributed by atoms with van der Waals surface area (Å²) in [5.41, 5.74) is 21.5. The molecule has 0 saturated heterocycles. The van der Waals surface area contributed by atoms with E-state index in [0.717, 1.165) is 30.6 Å². The summed E-state index contributed by atoms with van der Waals surface area (Å²) in [5.74, 6) is 3.77. The third-order valence-electron chi connectivity index (χ3n) is 18.3. The molecule has 1 spiro atoms. The smallest absolute Gasteiger partial charge is 0.0505 e. The molecule has 64 heavy (non-hydrogen) atoms. The number of benzene rings is 7. The predicted octanol–water partition coefficient (Wildman–Crippen LogP) is 15.8. The Labute approximate surface area is 380 Å². The number of para-hydroxylation sites is 3. The van der Waals surface area contributed by atoms with Crippen molar-refractivity contribution in [1.82, 2.24) is 0 Å². The van der Waals surface area contributed by atoms with Crippen LogP contribution in [-0.4, -0.2) is 0 Å². The number of nitrogens with zero attached hydrogens (tertiary/aromatic N) is 2.